The highest BCUT2D eigenvalue weighted by Gasteiger charge is 2.24. The summed E-state index contributed by atoms with van der Waals surface area (Å²) in [5.41, 5.74) is -0.742. The molecule has 0 atom stereocenters. The highest BCUT2D eigenvalue weighted by Crippen LogP contribution is 2.25. The number of nitro benzene ring substituents is 1. The fourth-order valence-corrected chi connectivity index (χ4v) is 2.82. The molecular formula is C11H16FN3O4S. The van der Waals surface area contributed by atoms with Crippen molar-refractivity contribution in [3.63, 3.8) is 0 Å². The average Bonchev–Trinajstić information content (AvgIpc) is 2.26. The summed E-state index contributed by atoms with van der Waals surface area (Å²) < 4.78 is 39.8. The number of likely N-dealkylation sites (N-methyl/N-ethyl adjacent to an activating group) is 1. The lowest BCUT2D eigenvalue weighted by atomic mass is 10.2. The van der Waals surface area contributed by atoms with Crippen LogP contribution in [-0.4, -0.2) is 45.4 Å². The number of nitro groups is 1. The van der Waals surface area contributed by atoms with E-state index in [0.29, 0.717) is 6.54 Å². The largest absolute Gasteiger partial charge is 0.308 e. The molecule has 20 heavy (non-hydrogen) atoms. The van der Waals surface area contributed by atoms with Gasteiger partial charge in [0.2, 0.25) is 15.8 Å². The zero-order chi connectivity index (χ0) is 15.5. The third kappa shape index (κ3) is 3.95. The molecule has 7 nitrogen and oxygen atoms in total. The lowest BCUT2D eigenvalue weighted by molar-refractivity contribution is -0.387. The number of nitrogens with one attached hydrogen (secondary N) is 1. The first-order valence-electron chi connectivity index (χ1n) is 5.74. The number of benzene rings is 1. The van der Waals surface area contributed by atoms with Crippen molar-refractivity contribution >= 4 is 15.7 Å². The van der Waals surface area contributed by atoms with E-state index < -0.39 is 26.5 Å². The van der Waals surface area contributed by atoms with Crippen LogP contribution in [-0.2, 0) is 10.0 Å². The van der Waals surface area contributed by atoms with Crippen molar-refractivity contribution in [2.75, 3.05) is 27.2 Å². The third-order valence-electron chi connectivity index (χ3n) is 2.58. The molecule has 0 amide bonds. The summed E-state index contributed by atoms with van der Waals surface area (Å²) in [5.74, 6) is -1.06. The maximum atomic E-state index is 13.4. The minimum atomic E-state index is -3.91. The number of halogens is 1. The van der Waals surface area contributed by atoms with Gasteiger partial charge in [-0.25, -0.2) is 13.1 Å². The molecule has 1 aromatic carbocycles. The summed E-state index contributed by atoms with van der Waals surface area (Å²) in [6, 6.07) is 1.58. The van der Waals surface area contributed by atoms with Crippen molar-refractivity contribution < 1.29 is 17.7 Å². The molecule has 0 saturated carbocycles. The molecule has 1 N–H and O–H groups in total. The quantitative estimate of drug-likeness (QED) is 0.622. The maximum absolute atomic E-state index is 13.4. The zero-order valence-corrected chi connectivity index (χ0v) is 12.2. The average molecular weight is 305 g/mol. The van der Waals surface area contributed by atoms with Crippen molar-refractivity contribution in [3.05, 3.63) is 33.6 Å². The van der Waals surface area contributed by atoms with Gasteiger partial charge in [-0.3, -0.25) is 10.1 Å². The Kier molecular flexibility index (Phi) is 5.15. The van der Waals surface area contributed by atoms with Crippen molar-refractivity contribution in [1.82, 2.24) is 9.62 Å². The van der Waals surface area contributed by atoms with E-state index in [-0.39, 0.29) is 17.0 Å². The van der Waals surface area contributed by atoms with Crippen molar-refractivity contribution in [1.29, 1.82) is 0 Å². The van der Waals surface area contributed by atoms with Crippen LogP contribution in [0.2, 0.25) is 0 Å². The second-order valence-electron chi connectivity index (χ2n) is 4.53. The molecule has 0 saturated heterocycles. The van der Waals surface area contributed by atoms with E-state index >= 15 is 0 Å². The smallest absolute Gasteiger partial charge is 0.306 e. The lowest BCUT2D eigenvalue weighted by Crippen LogP contribution is -2.31. The van der Waals surface area contributed by atoms with Crippen LogP contribution in [0.1, 0.15) is 5.56 Å². The molecule has 0 heterocycles. The molecule has 0 aromatic heterocycles. The van der Waals surface area contributed by atoms with Gasteiger partial charge in [0.25, 0.3) is 0 Å². The summed E-state index contributed by atoms with van der Waals surface area (Å²) >= 11 is 0. The molecular weight excluding hydrogens is 289 g/mol. The molecule has 0 unspecified atom stereocenters. The predicted octanol–water partition coefficient (Wildman–Crippen LogP) is 0.882. The second kappa shape index (κ2) is 6.25. The second-order valence-corrected chi connectivity index (χ2v) is 6.26. The van der Waals surface area contributed by atoms with Crippen LogP contribution in [0.4, 0.5) is 10.1 Å². The molecule has 1 rings (SSSR count). The van der Waals surface area contributed by atoms with Gasteiger partial charge in [0.15, 0.2) is 0 Å². The highest BCUT2D eigenvalue weighted by molar-refractivity contribution is 7.89. The molecule has 0 spiro atoms. The monoisotopic (exact) mass is 305 g/mol. The first-order chi connectivity index (χ1) is 9.15. The van der Waals surface area contributed by atoms with Gasteiger partial charge in [-0.2, -0.15) is 4.39 Å². The Balaban J connectivity index is 3.11. The van der Waals surface area contributed by atoms with Crippen molar-refractivity contribution in [3.8, 4) is 0 Å². The Morgan fingerprint density at radius 3 is 2.50 bits per heavy atom. The zero-order valence-electron chi connectivity index (χ0n) is 11.4. The minimum Gasteiger partial charge on any atom is -0.308 e. The van der Waals surface area contributed by atoms with Gasteiger partial charge in [0.1, 0.15) is 0 Å². The van der Waals surface area contributed by atoms with E-state index in [1.165, 1.54) is 6.92 Å². The van der Waals surface area contributed by atoms with E-state index in [0.717, 1.165) is 12.1 Å². The number of nitrogens with zero attached hydrogens (tertiary/aromatic N) is 2. The van der Waals surface area contributed by atoms with Gasteiger partial charge in [-0.05, 0) is 32.6 Å². The Hall–Kier alpha value is -1.58. The molecule has 9 heteroatoms. The molecule has 112 valence electrons. The summed E-state index contributed by atoms with van der Waals surface area (Å²) in [5, 5.41) is 10.7. The third-order valence-corrected chi connectivity index (χ3v) is 4.18. The normalized spacial score (nSPS) is 11.8. The molecule has 0 fully saturated rings. The van der Waals surface area contributed by atoms with Crippen LogP contribution in [0.5, 0.6) is 0 Å². The predicted molar refractivity (Wildman–Crippen MR) is 71.5 cm³/mol. The fraction of sp³-hybridized carbons (Fsp3) is 0.455. The maximum Gasteiger partial charge on any atom is 0.306 e. The number of sulfonamides is 1. The number of aryl methyl sites for hydroxylation is 1. The first kappa shape index (κ1) is 16.5. The highest BCUT2D eigenvalue weighted by atomic mass is 32.2. The summed E-state index contributed by atoms with van der Waals surface area (Å²) in [6.45, 7) is 2.01. The standard InChI is InChI=1S/C11H16FN3O4S/c1-8-6-9(12)10(15(16)17)7-11(8)20(18,19)13-4-5-14(2)3/h6-7,13H,4-5H2,1-3H3. The van der Waals surface area contributed by atoms with Gasteiger partial charge in [0, 0.05) is 19.2 Å². The van der Waals surface area contributed by atoms with Crippen molar-refractivity contribution in [2.24, 2.45) is 0 Å². The summed E-state index contributed by atoms with van der Waals surface area (Å²) in [7, 11) is -0.347. The SMILES string of the molecule is Cc1cc(F)c([N+](=O)[O-])cc1S(=O)(=O)NCCN(C)C. The van der Waals surface area contributed by atoms with Crippen LogP contribution in [0.3, 0.4) is 0 Å². The number of hydrogen-bond acceptors (Lipinski definition) is 5. The molecule has 0 aliphatic rings. The Labute approximate surface area is 116 Å². The van der Waals surface area contributed by atoms with Gasteiger partial charge >= 0.3 is 5.69 Å². The topological polar surface area (TPSA) is 92.5 Å². The number of rotatable bonds is 6. The van der Waals surface area contributed by atoms with Crippen molar-refractivity contribution in [2.45, 2.75) is 11.8 Å². The van der Waals surface area contributed by atoms with Gasteiger partial charge in [0.05, 0.1) is 9.82 Å². The molecule has 0 aliphatic heterocycles. The number of hydrogen-bond donors (Lipinski definition) is 1. The Bertz CT molecular complexity index is 616. The van der Waals surface area contributed by atoms with Crippen LogP contribution in [0, 0.1) is 22.9 Å². The van der Waals surface area contributed by atoms with E-state index in [2.05, 4.69) is 4.72 Å². The molecule has 0 aliphatic carbocycles. The minimum absolute atomic E-state index is 0.116. The molecule has 0 bridgehead atoms. The van der Waals surface area contributed by atoms with E-state index in [1.807, 2.05) is 0 Å². The molecule has 1 aromatic rings. The van der Waals surface area contributed by atoms with Gasteiger partial charge < -0.3 is 4.90 Å². The van der Waals surface area contributed by atoms with Crippen LogP contribution in [0.15, 0.2) is 17.0 Å². The van der Waals surface area contributed by atoms with Gasteiger partial charge in [-0.1, -0.05) is 0 Å². The lowest BCUT2D eigenvalue weighted by Gasteiger charge is -2.12. The Morgan fingerprint density at radius 1 is 1.40 bits per heavy atom. The molecule has 0 radical (unpaired) electrons. The van der Waals surface area contributed by atoms with E-state index in [9.17, 15) is 22.9 Å². The first-order valence-corrected chi connectivity index (χ1v) is 7.22. The fourth-order valence-electron chi connectivity index (χ4n) is 1.55. The van der Waals surface area contributed by atoms with E-state index in [4.69, 9.17) is 0 Å². The Morgan fingerprint density at radius 2 is 2.00 bits per heavy atom. The van der Waals surface area contributed by atoms with E-state index in [1.54, 1.807) is 19.0 Å². The summed E-state index contributed by atoms with van der Waals surface area (Å²) in [4.78, 5) is 11.2. The summed E-state index contributed by atoms with van der Waals surface area (Å²) in [6.07, 6.45) is 0. The van der Waals surface area contributed by atoms with Gasteiger partial charge in [-0.15, -0.1) is 0 Å². The van der Waals surface area contributed by atoms with Crippen LogP contribution >= 0.6 is 0 Å². The van der Waals surface area contributed by atoms with Crippen LogP contribution in [0.25, 0.3) is 0 Å². The van der Waals surface area contributed by atoms with Crippen LogP contribution < -0.4 is 4.72 Å².